The quantitative estimate of drug-likeness (QED) is 0.520. The Balaban J connectivity index is 1.27. The second kappa shape index (κ2) is 9.93. The fourth-order valence-electron chi connectivity index (χ4n) is 6.50. The maximum absolute atomic E-state index is 13.0. The van der Waals surface area contributed by atoms with Crippen LogP contribution in [-0.2, 0) is 11.2 Å². The van der Waals surface area contributed by atoms with E-state index >= 15 is 0 Å². The maximum atomic E-state index is 13.0. The van der Waals surface area contributed by atoms with Crippen molar-refractivity contribution in [2.24, 2.45) is 11.8 Å². The van der Waals surface area contributed by atoms with Crippen LogP contribution in [0.1, 0.15) is 62.5 Å². The molecule has 8 heteroatoms. The van der Waals surface area contributed by atoms with E-state index in [1.165, 1.54) is 0 Å². The van der Waals surface area contributed by atoms with Gasteiger partial charge in [-0.2, -0.15) is 18.4 Å². The lowest BCUT2D eigenvalue weighted by atomic mass is 9.87. The Morgan fingerprint density at radius 2 is 1.72 bits per heavy atom. The number of carboxylic acids is 1. The molecule has 2 bridgehead atoms. The van der Waals surface area contributed by atoms with Crippen molar-refractivity contribution in [1.82, 2.24) is 4.90 Å². The Bertz CT molecular complexity index is 1150. The van der Waals surface area contributed by atoms with Crippen LogP contribution in [0, 0.1) is 23.2 Å². The zero-order chi connectivity index (χ0) is 25.4. The van der Waals surface area contributed by atoms with Crippen molar-refractivity contribution in [3.63, 3.8) is 0 Å². The summed E-state index contributed by atoms with van der Waals surface area (Å²) in [5.74, 6) is -1.75. The number of hydrogen-bond donors (Lipinski definition) is 1. The highest BCUT2D eigenvalue weighted by atomic mass is 19.4. The molecule has 0 aromatic heterocycles. The Hall–Kier alpha value is -2.79. The summed E-state index contributed by atoms with van der Waals surface area (Å²) < 4.78 is 45.0. The molecule has 0 amide bonds. The average molecular weight is 501 g/mol. The fraction of sp³-hybridized carbons (Fsp3) is 0.571. The van der Waals surface area contributed by atoms with Crippen molar-refractivity contribution in [2.75, 3.05) is 6.54 Å². The van der Waals surface area contributed by atoms with Crippen LogP contribution in [0.25, 0.3) is 10.8 Å². The van der Waals surface area contributed by atoms with E-state index in [4.69, 9.17) is 4.74 Å². The molecule has 192 valence electrons. The largest absolute Gasteiger partial charge is 0.489 e. The molecule has 2 saturated heterocycles. The molecule has 36 heavy (non-hydrogen) atoms. The second-order valence-corrected chi connectivity index (χ2v) is 10.6. The van der Waals surface area contributed by atoms with E-state index in [1.807, 2.05) is 18.2 Å². The molecule has 2 aromatic rings. The number of nitriles is 1. The Labute approximate surface area is 208 Å². The summed E-state index contributed by atoms with van der Waals surface area (Å²) in [7, 11) is 0. The summed E-state index contributed by atoms with van der Waals surface area (Å²) in [5, 5.41) is 21.1. The number of nitrogens with zero attached hydrogens (tertiary/aromatic N) is 2. The number of fused-ring (bicyclic) bond motifs is 3. The maximum Gasteiger partial charge on any atom is 0.391 e. The summed E-state index contributed by atoms with van der Waals surface area (Å²) in [6, 6.07) is 12.6. The van der Waals surface area contributed by atoms with Gasteiger partial charge in [-0.25, -0.2) is 0 Å². The number of aliphatic carboxylic acids is 1. The lowest BCUT2D eigenvalue weighted by Gasteiger charge is -2.37. The van der Waals surface area contributed by atoms with E-state index in [0.717, 1.165) is 42.1 Å². The summed E-state index contributed by atoms with van der Waals surface area (Å²) in [6.07, 6.45) is 0.627. The molecule has 5 rings (SSSR count). The molecule has 2 atom stereocenters. The number of hydrogen-bond acceptors (Lipinski definition) is 4. The molecule has 2 aromatic carbocycles. The highest BCUT2D eigenvalue weighted by Gasteiger charge is 2.43. The van der Waals surface area contributed by atoms with Crippen molar-refractivity contribution in [1.29, 1.82) is 5.26 Å². The Morgan fingerprint density at radius 3 is 2.33 bits per heavy atom. The number of benzene rings is 2. The number of carboxylic acid groups (broad SMARTS) is 1. The first-order valence-corrected chi connectivity index (χ1v) is 12.9. The molecule has 2 heterocycles. The van der Waals surface area contributed by atoms with Crippen molar-refractivity contribution >= 4 is 16.7 Å². The standard InChI is InChI=1S/C28H31F3N2O3/c29-28(30,31)20-4-8-23(9-5-20)36-26-10-3-18-2-1-17(13-24(18)25(26)16-32)11-12-33-21-6-7-22(33)15-19(14-21)27(34)35/h1-3,10,13,19-23H,4-9,11-12,14-15H2,(H,34,35)/t19?,20-,21?,22?,23+. The summed E-state index contributed by atoms with van der Waals surface area (Å²) in [4.78, 5) is 13.9. The van der Waals surface area contributed by atoms with Crippen LogP contribution in [0.2, 0.25) is 0 Å². The minimum absolute atomic E-state index is 0.0550. The topological polar surface area (TPSA) is 73.6 Å². The van der Waals surface area contributed by atoms with Gasteiger partial charge in [-0.3, -0.25) is 9.69 Å². The molecule has 0 radical (unpaired) electrons. The summed E-state index contributed by atoms with van der Waals surface area (Å²) >= 11 is 0. The number of piperidine rings is 1. The van der Waals surface area contributed by atoms with Gasteiger partial charge in [0.2, 0.25) is 0 Å². The number of rotatable bonds is 6. The third kappa shape index (κ3) is 5.04. The summed E-state index contributed by atoms with van der Waals surface area (Å²) in [6.45, 7) is 0.855. The van der Waals surface area contributed by atoms with E-state index in [2.05, 4.69) is 17.0 Å². The highest BCUT2D eigenvalue weighted by Crippen LogP contribution is 2.40. The zero-order valence-corrected chi connectivity index (χ0v) is 20.1. The molecule has 2 unspecified atom stereocenters. The average Bonchev–Trinajstić information content (AvgIpc) is 3.08. The van der Waals surface area contributed by atoms with Gasteiger partial charge in [0.25, 0.3) is 0 Å². The zero-order valence-electron chi connectivity index (χ0n) is 20.1. The van der Waals surface area contributed by atoms with Crippen LogP contribution in [0.15, 0.2) is 30.3 Å². The van der Waals surface area contributed by atoms with Crippen LogP contribution in [0.3, 0.4) is 0 Å². The van der Waals surface area contributed by atoms with Gasteiger partial charge in [-0.05, 0) is 80.9 Å². The molecule has 1 N–H and O–H groups in total. The van der Waals surface area contributed by atoms with Crippen molar-refractivity contribution in [3.8, 4) is 11.8 Å². The van der Waals surface area contributed by atoms with Crippen molar-refractivity contribution < 1.29 is 27.8 Å². The van der Waals surface area contributed by atoms with E-state index in [9.17, 15) is 28.3 Å². The number of alkyl halides is 3. The van der Waals surface area contributed by atoms with E-state index in [1.54, 1.807) is 6.07 Å². The van der Waals surface area contributed by atoms with Crippen LogP contribution >= 0.6 is 0 Å². The lowest BCUT2D eigenvalue weighted by Crippen LogP contribution is -2.45. The van der Waals surface area contributed by atoms with E-state index in [-0.39, 0.29) is 24.9 Å². The van der Waals surface area contributed by atoms with Gasteiger partial charge < -0.3 is 9.84 Å². The van der Waals surface area contributed by atoms with Crippen LogP contribution in [0.4, 0.5) is 13.2 Å². The molecule has 3 fully saturated rings. The number of carbonyl (C=O) groups is 1. The molecule has 1 aliphatic carbocycles. The molecule has 5 nitrogen and oxygen atoms in total. The smallest absolute Gasteiger partial charge is 0.391 e. The fourth-order valence-corrected chi connectivity index (χ4v) is 6.50. The Kier molecular flexibility index (Phi) is 6.86. The predicted octanol–water partition coefficient (Wildman–Crippen LogP) is 6.08. The minimum Gasteiger partial charge on any atom is -0.489 e. The predicted molar refractivity (Wildman–Crippen MR) is 129 cm³/mol. The first-order valence-electron chi connectivity index (χ1n) is 12.9. The van der Waals surface area contributed by atoms with Crippen molar-refractivity contribution in [3.05, 3.63) is 41.5 Å². The minimum atomic E-state index is -4.16. The molecular weight excluding hydrogens is 469 g/mol. The molecule has 2 aliphatic heterocycles. The van der Waals surface area contributed by atoms with Crippen molar-refractivity contribution in [2.45, 2.75) is 82.2 Å². The lowest BCUT2D eigenvalue weighted by molar-refractivity contribution is -0.185. The monoisotopic (exact) mass is 500 g/mol. The SMILES string of the molecule is N#Cc1c(O[C@H]2CC[C@@H](C(F)(F)F)CC2)ccc2ccc(CCN3C4CCC3CC(C(=O)O)C4)cc12. The van der Waals surface area contributed by atoms with Gasteiger partial charge in [0.15, 0.2) is 0 Å². The van der Waals surface area contributed by atoms with Gasteiger partial charge in [0, 0.05) is 24.0 Å². The van der Waals surface area contributed by atoms with Crippen LogP contribution < -0.4 is 4.74 Å². The third-order valence-corrected chi connectivity index (χ3v) is 8.48. The first-order chi connectivity index (χ1) is 17.2. The Morgan fingerprint density at radius 1 is 1.06 bits per heavy atom. The third-order valence-electron chi connectivity index (χ3n) is 8.48. The first kappa shape index (κ1) is 24.9. The molecule has 1 saturated carbocycles. The van der Waals surface area contributed by atoms with Gasteiger partial charge in [0.05, 0.1) is 17.9 Å². The highest BCUT2D eigenvalue weighted by molar-refractivity contribution is 5.90. The number of halogens is 3. The van der Waals surface area contributed by atoms with Crippen LogP contribution in [-0.4, -0.2) is 46.9 Å². The van der Waals surface area contributed by atoms with Gasteiger partial charge in [-0.1, -0.05) is 18.2 Å². The van der Waals surface area contributed by atoms with Crippen LogP contribution in [0.5, 0.6) is 5.75 Å². The molecule has 3 aliphatic rings. The van der Waals surface area contributed by atoms with E-state index < -0.39 is 18.1 Å². The number of ether oxygens (including phenoxy) is 1. The summed E-state index contributed by atoms with van der Waals surface area (Å²) in [5.41, 5.74) is 1.52. The van der Waals surface area contributed by atoms with Gasteiger partial charge in [-0.15, -0.1) is 0 Å². The van der Waals surface area contributed by atoms with Gasteiger partial charge >= 0.3 is 12.1 Å². The molecule has 0 spiro atoms. The molecular formula is C28H31F3N2O3. The second-order valence-electron chi connectivity index (χ2n) is 10.6. The van der Waals surface area contributed by atoms with E-state index in [0.29, 0.717) is 49.1 Å². The van der Waals surface area contributed by atoms with Gasteiger partial charge in [0.1, 0.15) is 17.4 Å². The normalized spacial score (nSPS) is 28.7.